The fourth-order valence-corrected chi connectivity index (χ4v) is 3.13. The van der Waals surface area contributed by atoms with Gasteiger partial charge in [-0.25, -0.2) is 5.01 Å². The number of nitrogens with zero attached hydrogens (tertiary/aromatic N) is 4. The van der Waals surface area contributed by atoms with Gasteiger partial charge in [-0.2, -0.15) is 0 Å². The number of hydrazine groups is 1. The fourth-order valence-electron chi connectivity index (χ4n) is 3.13. The summed E-state index contributed by atoms with van der Waals surface area (Å²) in [5.41, 5.74) is 0. The van der Waals surface area contributed by atoms with Gasteiger partial charge in [0.1, 0.15) is 12.2 Å². The summed E-state index contributed by atoms with van der Waals surface area (Å²) in [5, 5.41) is 11.8. The molecule has 2 heterocycles. The van der Waals surface area contributed by atoms with Crippen molar-refractivity contribution in [2.75, 3.05) is 40.4 Å². The number of carboxylic acid groups (broad SMARTS) is 1. The molecular formula is C14H22N4O6. The van der Waals surface area contributed by atoms with E-state index in [1.165, 1.54) is 26.9 Å². The van der Waals surface area contributed by atoms with Gasteiger partial charge in [-0.1, -0.05) is 0 Å². The van der Waals surface area contributed by atoms with Gasteiger partial charge in [-0.05, 0) is 6.42 Å². The Bertz CT molecular complexity index is 527. The maximum absolute atomic E-state index is 12.7. The van der Waals surface area contributed by atoms with E-state index in [2.05, 4.69) is 0 Å². The predicted octanol–water partition coefficient (Wildman–Crippen LogP) is -1.82. The minimum Gasteiger partial charge on any atom is -0.481 e. The third kappa shape index (κ3) is 3.49. The summed E-state index contributed by atoms with van der Waals surface area (Å²) in [4.78, 5) is 50.3. The molecule has 0 spiro atoms. The largest absolute Gasteiger partial charge is 0.481 e. The van der Waals surface area contributed by atoms with Crippen molar-refractivity contribution in [2.45, 2.75) is 25.0 Å². The second kappa shape index (κ2) is 7.58. The first kappa shape index (κ1) is 18.1. The van der Waals surface area contributed by atoms with Crippen LogP contribution in [-0.4, -0.2) is 102 Å². The zero-order valence-corrected chi connectivity index (χ0v) is 13.8. The Morgan fingerprint density at radius 3 is 2.71 bits per heavy atom. The summed E-state index contributed by atoms with van der Waals surface area (Å²) < 4.78 is 5.00. The first-order valence-corrected chi connectivity index (χ1v) is 7.66. The van der Waals surface area contributed by atoms with Crippen LogP contribution in [0.5, 0.6) is 0 Å². The summed E-state index contributed by atoms with van der Waals surface area (Å²) in [6, 6.07) is -0.889. The maximum Gasteiger partial charge on any atom is 0.303 e. The van der Waals surface area contributed by atoms with Crippen molar-refractivity contribution in [2.24, 2.45) is 0 Å². The predicted molar refractivity (Wildman–Crippen MR) is 80.3 cm³/mol. The van der Waals surface area contributed by atoms with Gasteiger partial charge in [0.2, 0.25) is 18.2 Å². The van der Waals surface area contributed by atoms with Crippen molar-refractivity contribution in [1.29, 1.82) is 0 Å². The Kier molecular flexibility index (Phi) is 5.73. The third-order valence-electron chi connectivity index (χ3n) is 4.29. The highest BCUT2D eigenvalue weighted by molar-refractivity contribution is 5.91. The number of aliphatic carboxylic acids is 1. The number of carbonyl (C=O) groups is 4. The molecule has 0 saturated carbocycles. The molecule has 2 fully saturated rings. The van der Waals surface area contributed by atoms with Crippen LogP contribution >= 0.6 is 0 Å². The lowest BCUT2D eigenvalue weighted by Gasteiger charge is -2.53. The van der Waals surface area contributed by atoms with Crippen molar-refractivity contribution >= 4 is 24.2 Å². The smallest absolute Gasteiger partial charge is 0.303 e. The molecule has 0 aromatic heterocycles. The van der Waals surface area contributed by atoms with Crippen molar-refractivity contribution in [3.8, 4) is 0 Å². The molecule has 2 aliphatic rings. The Morgan fingerprint density at radius 1 is 1.42 bits per heavy atom. The average molecular weight is 342 g/mol. The molecule has 0 bridgehead atoms. The molecule has 0 radical (unpaired) electrons. The monoisotopic (exact) mass is 342 g/mol. The molecule has 3 amide bonds. The van der Waals surface area contributed by atoms with E-state index < -0.39 is 18.2 Å². The van der Waals surface area contributed by atoms with Crippen LogP contribution in [0.1, 0.15) is 12.8 Å². The molecule has 0 aliphatic carbocycles. The van der Waals surface area contributed by atoms with Crippen LogP contribution < -0.4 is 0 Å². The van der Waals surface area contributed by atoms with Gasteiger partial charge in [-0.3, -0.25) is 24.2 Å². The van der Waals surface area contributed by atoms with E-state index in [1.54, 1.807) is 7.05 Å². The minimum absolute atomic E-state index is 0.0102. The topological polar surface area (TPSA) is 111 Å². The number of carboxylic acids is 1. The van der Waals surface area contributed by atoms with Crippen LogP contribution in [0, 0.1) is 0 Å². The van der Waals surface area contributed by atoms with Gasteiger partial charge in [0, 0.05) is 27.1 Å². The number of methoxy groups -OCH3 is 1. The summed E-state index contributed by atoms with van der Waals surface area (Å²) in [6.07, 6.45) is -0.247. The molecule has 2 aliphatic heterocycles. The maximum atomic E-state index is 12.7. The van der Waals surface area contributed by atoms with E-state index in [0.29, 0.717) is 19.6 Å². The molecule has 10 nitrogen and oxygen atoms in total. The molecular weight excluding hydrogens is 320 g/mol. The van der Waals surface area contributed by atoms with Gasteiger partial charge in [0.05, 0.1) is 19.7 Å². The average Bonchev–Trinajstić information content (AvgIpc) is 2.52. The quantitative estimate of drug-likeness (QED) is 0.543. The molecule has 2 saturated heterocycles. The van der Waals surface area contributed by atoms with Crippen LogP contribution in [0.2, 0.25) is 0 Å². The molecule has 24 heavy (non-hydrogen) atoms. The van der Waals surface area contributed by atoms with Crippen molar-refractivity contribution in [3.05, 3.63) is 0 Å². The normalized spacial score (nSPS) is 25.0. The third-order valence-corrected chi connectivity index (χ3v) is 4.29. The fraction of sp³-hybridized carbons (Fsp3) is 0.714. The van der Waals surface area contributed by atoms with E-state index in [0.717, 1.165) is 0 Å². The van der Waals surface area contributed by atoms with Gasteiger partial charge in [0.15, 0.2) is 0 Å². The first-order valence-electron chi connectivity index (χ1n) is 7.66. The Balaban J connectivity index is 2.30. The van der Waals surface area contributed by atoms with Gasteiger partial charge in [0.25, 0.3) is 0 Å². The van der Waals surface area contributed by atoms with Crippen LogP contribution in [-0.2, 0) is 23.9 Å². The van der Waals surface area contributed by atoms with E-state index in [4.69, 9.17) is 9.84 Å². The lowest BCUT2D eigenvalue weighted by molar-refractivity contribution is -0.197. The molecule has 0 aromatic carbocycles. The molecule has 0 aromatic rings. The number of likely N-dealkylation sites (N-methyl/N-ethyl adjacent to an activating group) is 1. The standard InChI is InChI=1S/C14H22N4O6/c1-15-8-12(20)18-10(3-4-13(21)22)14(23)16(5-6-24-2)7-11(18)17(15)9-19/h9-11H,3-8H2,1-2H3,(H,21,22)/t10?,11-/m1/s1. The Hall–Kier alpha value is -2.20. The van der Waals surface area contributed by atoms with Crippen LogP contribution in [0.3, 0.4) is 0 Å². The summed E-state index contributed by atoms with van der Waals surface area (Å²) >= 11 is 0. The van der Waals surface area contributed by atoms with Crippen molar-refractivity contribution in [3.63, 3.8) is 0 Å². The number of amides is 3. The van der Waals surface area contributed by atoms with Gasteiger partial charge < -0.3 is 19.6 Å². The molecule has 1 unspecified atom stereocenters. The zero-order chi connectivity index (χ0) is 17.9. The number of fused-ring (bicyclic) bond motifs is 1. The number of rotatable bonds is 7. The van der Waals surface area contributed by atoms with Gasteiger partial charge in [-0.15, -0.1) is 0 Å². The molecule has 1 N–H and O–H groups in total. The Labute approximate surface area is 139 Å². The zero-order valence-electron chi connectivity index (χ0n) is 13.8. The van der Waals surface area contributed by atoms with Crippen LogP contribution in [0.15, 0.2) is 0 Å². The second-order valence-corrected chi connectivity index (χ2v) is 5.81. The van der Waals surface area contributed by atoms with E-state index in [1.807, 2.05) is 0 Å². The van der Waals surface area contributed by atoms with E-state index >= 15 is 0 Å². The van der Waals surface area contributed by atoms with Crippen LogP contribution in [0.25, 0.3) is 0 Å². The second-order valence-electron chi connectivity index (χ2n) is 5.81. The highest BCUT2D eigenvalue weighted by atomic mass is 16.5. The molecule has 2 atom stereocenters. The first-order chi connectivity index (χ1) is 11.4. The SMILES string of the molecule is COCCN1C[C@H]2N(C(=O)CN(C)N2C=O)C(CCC(=O)O)C1=O. The number of carbonyl (C=O) groups excluding carboxylic acids is 3. The summed E-state index contributed by atoms with van der Waals surface area (Å²) in [6.45, 7) is 0.758. The lowest BCUT2D eigenvalue weighted by Crippen LogP contribution is -2.74. The molecule has 2 rings (SSSR count). The van der Waals surface area contributed by atoms with Crippen molar-refractivity contribution in [1.82, 2.24) is 19.8 Å². The summed E-state index contributed by atoms with van der Waals surface area (Å²) in [5.74, 6) is -1.65. The number of piperazine rings is 1. The number of hydrogen-bond acceptors (Lipinski definition) is 6. The van der Waals surface area contributed by atoms with E-state index in [-0.39, 0.29) is 37.7 Å². The van der Waals surface area contributed by atoms with Crippen LogP contribution in [0.4, 0.5) is 0 Å². The lowest BCUT2D eigenvalue weighted by atomic mass is 10.0. The molecule has 10 heteroatoms. The highest BCUT2D eigenvalue weighted by Gasteiger charge is 2.48. The number of hydrogen-bond donors (Lipinski definition) is 1. The van der Waals surface area contributed by atoms with Gasteiger partial charge >= 0.3 is 5.97 Å². The molecule has 134 valence electrons. The minimum atomic E-state index is -1.04. The number of ether oxygens (including phenoxy) is 1. The van der Waals surface area contributed by atoms with Crippen molar-refractivity contribution < 1.29 is 29.0 Å². The Morgan fingerprint density at radius 2 is 2.12 bits per heavy atom. The van der Waals surface area contributed by atoms with E-state index in [9.17, 15) is 19.2 Å². The summed E-state index contributed by atoms with van der Waals surface area (Å²) in [7, 11) is 3.13. The highest BCUT2D eigenvalue weighted by Crippen LogP contribution is 2.26.